The van der Waals surface area contributed by atoms with Crippen molar-refractivity contribution in [3.63, 3.8) is 0 Å². The zero-order chi connectivity index (χ0) is 19.0. The number of anilines is 1. The van der Waals surface area contributed by atoms with Gasteiger partial charge in [0.1, 0.15) is 5.82 Å². The molecule has 7 nitrogen and oxygen atoms in total. The summed E-state index contributed by atoms with van der Waals surface area (Å²) in [6.07, 6.45) is 4.83. The fourth-order valence-electron chi connectivity index (χ4n) is 3.68. The van der Waals surface area contributed by atoms with Crippen molar-refractivity contribution >= 4 is 11.7 Å². The molecular weight excluding hydrogens is 342 g/mol. The highest BCUT2D eigenvalue weighted by Crippen LogP contribution is 2.32. The van der Waals surface area contributed by atoms with Crippen molar-refractivity contribution in [2.24, 2.45) is 11.8 Å². The molecule has 3 heterocycles. The maximum absolute atomic E-state index is 12.8. The van der Waals surface area contributed by atoms with Gasteiger partial charge in [-0.1, -0.05) is 19.0 Å². The van der Waals surface area contributed by atoms with Crippen molar-refractivity contribution < 1.29 is 9.32 Å². The Labute approximate surface area is 159 Å². The van der Waals surface area contributed by atoms with Gasteiger partial charge in [-0.05, 0) is 43.7 Å². The van der Waals surface area contributed by atoms with E-state index in [1.807, 2.05) is 12.1 Å². The average molecular weight is 369 g/mol. The van der Waals surface area contributed by atoms with Gasteiger partial charge in [-0.15, -0.1) is 0 Å². The van der Waals surface area contributed by atoms with Gasteiger partial charge in [0.25, 0.3) is 5.89 Å². The lowest BCUT2D eigenvalue weighted by Gasteiger charge is -2.35. The lowest BCUT2D eigenvalue weighted by Crippen LogP contribution is -2.47. The topological polar surface area (TPSA) is 75.4 Å². The Morgan fingerprint density at radius 3 is 2.70 bits per heavy atom. The third-order valence-electron chi connectivity index (χ3n) is 5.49. The van der Waals surface area contributed by atoms with Crippen LogP contribution < -0.4 is 4.90 Å². The summed E-state index contributed by atoms with van der Waals surface area (Å²) in [5, 5.41) is 3.82. The minimum Gasteiger partial charge on any atom is -0.354 e. The second kappa shape index (κ2) is 7.29. The van der Waals surface area contributed by atoms with E-state index in [9.17, 15) is 4.79 Å². The highest BCUT2D eigenvalue weighted by atomic mass is 16.5. The highest BCUT2D eigenvalue weighted by molar-refractivity contribution is 5.78. The summed E-state index contributed by atoms with van der Waals surface area (Å²) in [5.74, 6) is 3.37. The van der Waals surface area contributed by atoms with E-state index in [0.29, 0.717) is 36.5 Å². The molecule has 0 radical (unpaired) electrons. The zero-order valence-corrected chi connectivity index (χ0v) is 16.3. The summed E-state index contributed by atoms with van der Waals surface area (Å²) in [7, 11) is 0. The van der Waals surface area contributed by atoms with Crippen LogP contribution in [0.3, 0.4) is 0 Å². The second-order valence-electron chi connectivity index (χ2n) is 8.05. The van der Waals surface area contributed by atoms with E-state index in [4.69, 9.17) is 4.52 Å². The lowest BCUT2D eigenvalue weighted by molar-refractivity contribution is -0.133. The molecule has 0 spiro atoms. The lowest BCUT2D eigenvalue weighted by atomic mass is 10.0. The number of carbonyl (C=O) groups is 1. The molecule has 0 N–H and O–H groups in total. The van der Waals surface area contributed by atoms with Gasteiger partial charge in [-0.3, -0.25) is 4.79 Å². The molecular formula is C20H27N5O2. The summed E-state index contributed by atoms with van der Waals surface area (Å²) in [5.41, 5.74) is 0.806. The number of hydrogen-bond donors (Lipinski definition) is 0. The summed E-state index contributed by atoms with van der Waals surface area (Å²) in [4.78, 5) is 26.0. The normalized spacial score (nSPS) is 21.0. The Morgan fingerprint density at radius 2 is 2.11 bits per heavy atom. The fourth-order valence-corrected chi connectivity index (χ4v) is 3.68. The van der Waals surface area contributed by atoms with Gasteiger partial charge >= 0.3 is 0 Å². The van der Waals surface area contributed by atoms with E-state index in [1.54, 1.807) is 13.1 Å². The predicted octanol–water partition coefficient (Wildman–Crippen LogP) is 2.91. The van der Waals surface area contributed by atoms with Gasteiger partial charge < -0.3 is 14.3 Å². The fraction of sp³-hybridized carbons (Fsp3) is 0.600. The van der Waals surface area contributed by atoms with Crippen molar-refractivity contribution in [2.45, 2.75) is 46.1 Å². The molecule has 4 rings (SSSR count). The van der Waals surface area contributed by atoms with Crippen LogP contribution in [0.4, 0.5) is 5.82 Å². The number of aryl methyl sites for hydroxylation is 1. The maximum atomic E-state index is 12.8. The summed E-state index contributed by atoms with van der Waals surface area (Å²) < 4.78 is 5.21. The van der Waals surface area contributed by atoms with E-state index in [-0.39, 0.29) is 11.9 Å². The highest BCUT2D eigenvalue weighted by Gasteiger charge is 2.35. The van der Waals surface area contributed by atoms with Gasteiger partial charge in [-0.2, -0.15) is 4.98 Å². The number of pyridine rings is 1. The van der Waals surface area contributed by atoms with Crippen LogP contribution in [0.1, 0.15) is 38.9 Å². The number of hydrogen-bond acceptors (Lipinski definition) is 6. The van der Waals surface area contributed by atoms with Crippen LogP contribution in [0.2, 0.25) is 0 Å². The maximum Gasteiger partial charge on any atom is 0.259 e. The van der Waals surface area contributed by atoms with Gasteiger partial charge in [-0.25, -0.2) is 4.98 Å². The van der Waals surface area contributed by atoms with E-state index < -0.39 is 0 Å². The first-order chi connectivity index (χ1) is 13.0. The first kappa shape index (κ1) is 17.9. The molecule has 7 heteroatoms. The summed E-state index contributed by atoms with van der Waals surface area (Å²) >= 11 is 0. The SMILES string of the molecule is Cc1noc(-c2ccc(N3CCC(=O)N(CC4CC4)[C@H](C(C)C)C3)nc2)n1. The first-order valence-corrected chi connectivity index (χ1v) is 9.82. The van der Waals surface area contributed by atoms with Crippen LogP contribution >= 0.6 is 0 Å². The van der Waals surface area contributed by atoms with E-state index in [2.05, 4.69) is 38.8 Å². The third kappa shape index (κ3) is 3.96. The Morgan fingerprint density at radius 1 is 1.30 bits per heavy atom. The second-order valence-corrected chi connectivity index (χ2v) is 8.05. The standard InChI is InChI=1S/C20H27N5O2/c1-13(2)17-12-24(9-8-19(26)25(17)11-15-4-5-15)18-7-6-16(10-21-18)20-22-14(3)23-27-20/h6-7,10,13,15,17H,4-5,8-9,11-12H2,1-3H3/t17-/m0/s1. The molecule has 1 saturated heterocycles. The van der Waals surface area contributed by atoms with Gasteiger partial charge in [0, 0.05) is 32.3 Å². The molecule has 0 unspecified atom stereocenters. The van der Waals surface area contributed by atoms with Crippen LogP contribution in [-0.2, 0) is 4.79 Å². The van der Waals surface area contributed by atoms with Crippen LogP contribution in [0.5, 0.6) is 0 Å². The van der Waals surface area contributed by atoms with Crippen LogP contribution in [-0.4, -0.2) is 51.6 Å². The molecule has 1 amide bonds. The largest absolute Gasteiger partial charge is 0.354 e. The Hall–Kier alpha value is -2.44. The molecule has 1 saturated carbocycles. The van der Waals surface area contributed by atoms with Crippen LogP contribution in [0.15, 0.2) is 22.9 Å². The van der Waals surface area contributed by atoms with E-state index in [1.165, 1.54) is 12.8 Å². The average Bonchev–Trinajstić information content (AvgIpc) is 3.40. The van der Waals surface area contributed by atoms with Crippen molar-refractivity contribution in [3.05, 3.63) is 24.2 Å². The minimum atomic E-state index is 0.223. The van der Waals surface area contributed by atoms with Gasteiger partial charge in [0.15, 0.2) is 5.82 Å². The Bertz CT molecular complexity index is 797. The zero-order valence-electron chi connectivity index (χ0n) is 16.3. The monoisotopic (exact) mass is 369 g/mol. The van der Waals surface area contributed by atoms with Crippen molar-refractivity contribution in [2.75, 3.05) is 24.5 Å². The van der Waals surface area contributed by atoms with Crippen LogP contribution in [0, 0.1) is 18.8 Å². The molecule has 1 aliphatic heterocycles. The molecule has 2 aliphatic rings. The molecule has 27 heavy (non-hydrogen) atoms. The molecule has 144 valence electrons. The summed E-state index contributed by atoms with van der Waals surface area (Å²) in [6, 6.07) is 4.16. The molecule has 1 atom stereocenters. The number of rotatable bonds is 5. The van der Waals surface area contributed by atoms with Crippen molar-refractivity contribution in [1.82, 2.24) is 20.0 Å². The molecule has 2 aromatic rings. The molecule has 0 aromatic carbocycles. The van der Waals surface area contributed by atoms with Crippen molar-refractivity contribution in [1.29, 1.82) is 0 Å². The Kier molecular flexibility index (Phi) is 4.85. The first-order valence-electron chi connectivity index (χ1n) is 9.82. The number of carbonyl (C=O) groups excluding carboxylic acids is 1. The molecule has 2 aromatic heterocycles. The van der Waals surface area contributed by atoms with Gasteiger partial charge in [0.2, 0.25) is 5.91 Å². The minimum absolute atomic E-state index is 0.223. The molecule has 0 bridgehead atoms. The van der Waals surface area contributed by atoms with E-state index >= 15 is 0 Å². The number of aromatic nitrogens is 3. The smallest absolute Gasteiger partial charge is 0.259 e. The number of amides is 1. The molecule has 2 fully saturated rings. The molecule has 1 aliphatic carbocycles. The Balaban J connectivity index is 1.53. The third-order valence-corrected chi connectivity index (χ3v) is 5.49. The predicted molar refractivity (Wildman–Crippen MR) is 102 cm³/mol. The van der Waals surface area contributed by atoms with Crippen molar-refractivity contribution in [3.8, 4) is 11.5 Å². The quantitative estimate of drug-likeness (QED) is 0.807. The van der Waals surface area contributed by atoms with Crippen LogP contribution in [0.25, 0.3) is 11.5 Å². The van der Waals surface area contributed by atoms with Gasteiger partial charge in [0.05, 0.1) is 11.6 Å². The number of nitrogens with zero attached hydrogens (tertiary/aromatic N) is 5. The summed E-state index contributed by atoms with van der Waals surface area (Å²) in [6.45, 7) is 8.64. The van der Waals surface area contributed by atoms with E-state index in [0.717, 1.165) is 24.5 Å².